The van der Waals surface area contributed by atoms with Gasteiger partial charge in [0.2, 0.25) is 11.5 Å². The van der Waals surface area contributed by atoms with Crippen LogP contribution in [-0.4, -0.2) is 36.7 Å². The van der Waals surface area contributed by atoms with Crippen LogP contribution in [0.3, 0.4) is 0 Å². The van der Waals surface area contributed by atoms with E-state index >= 15 is 0 Å². The van der Waals surface area contributed by atoms with Gasteiger partial charge in [0.1, 0.15) is 0 Å². The average molecular weight is 410 g/mol. The summed E-state index contributed by atoms with van der Waals surface area (Å²) >= 11 is 0. The smallest absolute Gasteiger partial charge is 0.318 e. The van der Waals surface area contributed by atoms with E-state index in [0.717, 1.165) is 23.0 Å². The molecule has 9 nitrogen and oxygen atoms in total. The Balaban J connectivity index is 1.90. The number of hydrogen-bond acceptors (Lipinski definition) is 7. The second kappa shape index (κ2) is 6.19. The number of non-ortho nitro benzene ring substituents is 1. The van der Waals surface area contributed by atoms with Gasteiger partial charge in [-0.25, -0.2) is 0 Å². The molecule has 0 bridgehead atoms. The summed E-state index contributed by atoms with van der Waals surface area (Å²) in [5.41, 5.74) is 1.02. The van der Waals surface area contributed by atoms with E-state index in [0.29, 0.717) is 5.56 Å². The van der Waals surface area contributed by atoms with Crippen molar-refractivity contribution in [1.29, 1.82) is 0 Å². The molecule has 2 aromatic rings. The van der Waals surface area contributed by atoms with Gasteiger partial charge in [0, 0.05) is 44.1 Å². The maximum atomic E-state index is 11.7. The molecule has 0 N–H and O–H groups in total. The Hall–Kier alpha value is -3.62. The number of hydrogen-bond donors (Lipinski definition) is 0. The molecule has 0 saturated heterocycles. The Morgan fingerprint density at radius 2 is 1.77 bits per heavy atom. The molecule has 1 atom stereocenters. The van der Waals surface area contributed by atoms with E-state index < -0.39 is 26.7 Å². The quantitative estimate of drug-likeness (QED) is 0.554. The van der Waals surface area contributed by atoms with Crippen LogP contribution >= 0.6 is 0 Å². The summed E-state index contributed by atoms with van der Waals surface area (Å²) in [7, 11) is 5.81. The molecule has 0 radical (unpaired) electrons. The minimum atomic E-state index is -1.02. The molecule has 0 amide bonds. The van der Waals surface area contributed by atoms with Crippen molar-refractivity contribution in [3.63, 3.8) is 0 Å². The lowest BCUT2D eigenvalue weighted by Gasteiger charge is -2.45. The van der Waals surface area contributed by atoms with E-state index in [1.165, 1.54) is 6.07 Å². The van der Waals surface area contributed by atoms with E-state index in [-0.39, 0.29) is 11.4 Å². The minimum Gasteiger partial charge on any atom is -0.456 e. The van der Waals surface area contributed by atoms with Crippen LogP contribution in [0.4, 0.5) is 22.7 Å². The molecular weight excluding hydrogens is 388 g/mol. The van der Waals surface area contributed by atoms with Crippen molar-refractivity contribution < 1.29 is 14.6 Å². The summed E-state index contributed by atoms with van der Waals surface area (Å²) in [5, 5.41) is 22.9. The predicted octanol–water partition coefficient (Wildman–Crippen LogP) is 4.10. The van der Waals surface area contributed by atoms with Gasteiger partial charge in [0.25, 0.3) is 5.69 Å². The average Bonchev–Trinajstić information content (AvgIpc) is 2.85. The van der Waals surface area contributed by atoms with Crippen LogP contribution in [0.15, 0.2) is 36.4 Å². The van der Waals surface area contributed by atoms with Crippen LogP contribution in [0.5, 0.6) is 5.75 Å². The molecule has 1 spiro atoms. The Morgan fingerprint density at radius 3 is 2.37 bits per heavy atom. The van der Waals surface area contributed by atoms with Crippen LogP contribution in [-0.2, 0) is 5.41 Å². The topological polar surface area (TPSA) is 102 Å². The molecule has 0 saturated carbocycles. The summed E-state index contributed by atoms with van der Waals surface area (Å²) < 4.78 is 6.38. The second-order valence-corrected chi connectivity index (χ2v) is 8.31. The van der Waals surface area contributed by atoms with Gasteiger partial charge < -0.3 is 14.5 Å². The van der Waals surface area contributed by atoms with Gasteiger partial charge in [-0.15, -0.1) is 0 Å². The zero-order valence-corrected chi connectivity index (χ0v) is 17.4. The molecule has 4 rings (SSSR count). The number of nitro benzene ring substituents is 2. The molecular formula is C21H22N4O5. The summed E-state index contributed by atoms with van der Waals surface area (Å²) in [6, 6.07) is 8.36. The Morgan fingerprint density at radius 1 is 1.07 bits per heavy atom. The van der Waals surface area contributed by atoms with Crippen molar-refractivity contribution >= 4 is 28.8 Å². The van der Waals surface area contributed by atoms with Crippen LogP contribution in [0.25, 0.3) is 6.08 Å². The molecule has 2 aromatic carbocycles. The van der Waals surface area contributed by atoms with E-state index in [4.69, 9.17) is 4.74 Å². The van der Waals surface area contributed by atoms with Crippen molar-refractivity contribution in [2.45, 2.75) is 25.0 Å². The fraction of sp³-hybridized carbons (Fsp3) is 0.333. The lowest BCUT2D eigenvalue weighted by molar-refractivity contribution is -0.395. The van der Waals surface area contributed by atoms with Crippen molar-refractivity contribution in [2.24, 2.45) is 0 Å². The molecule has 1 unspecified atom stereocenters. The van der Waals surface area contributed by atoms with E-state index in [2.05, 4.69) is 6.07 Å². The van der Waals surface area contributed by atoms with Gasteiger partial charge in [-0.05, 0) is 49.8 Å². The lowest BCUT2D eigenvalue weighted by atomic mass is 9.76. The summed E-state index contributed by atoms with van der Waals surface area (Å²) in [6.45, 7) is 4.06. The van der Waals surface area contributed by atoms with Gasteiger partial charge in [-0.2, -0.15) is 0 Å². The number of likely N-dealkylation sites (N-methyl/N-ethyl adjacent to an activating group) is 1. The number of benzene rings is 2. The first-order valence-corrected chi connectivity index (χ1v) is 9.40. The standard InChI is InChI=1S/C21H22N4O5/c1-20(2)16-11-14(22(3)4)6-7-17(16)23(5)21(20)9-8-13-10-15(24(26)27)12-18(25(28)29)19(13)30-21/h6-12H,1-5H3. The Labute approximate surface area is 173 Å². The maximum Gasteiger partial charge on any atom is 0.318 e. The van der Waals surface area contributed by atoms with Crippen molar-refractivity contribution in [1.82, 2.24) is 0 Å². The molecule has 30 heavy (non-hydrogen) atoms. The first-order valence-electron chi connectivity index (χ1n) is 9.40. The van der Waals surface area contributed by atoms with E-state index in [1.807, 2.05) is 63.0 Å². The Kier molecular flexibility index (Phi) is 4.06. The van der Waals surface area contributed by atoms with E-state index in [1.54, 1.807) is 6.08 Å². The van der Waals surface area contributed by atoms with Gasteiger partial charge in [-0.1, -0.05) is 0 Å². The number of anilines is 2. The van der Waals surface area contributed by atoms with Gasteiger partial charge in [0.15, 0.2) is 0 Å². The monoisotopic (exact) mass is 410 g/mol. The number of nitro groups is 2. The highest BCUT2D eigenvalue weighted by Crippen LogP contribution is 2.56. The molecule has 2 aliphatic heterocycles. The molecule has 2 heterocycles. The summed E-state index contributed by atoms with van der Waals surface area (Å²) in [6.07, 6.45) is 3.51. The van der Waals surface area contributed by atoms with Crippen LogP contribution in [0.2, 0.25) is 0 Å². The highest BCUT2D eigenvalue weighted by Gasteiger charge is 2.58. The van der Waals surface area contributed by atoms with Crippen LogP contribution in [0.1, 0.15) is 25.0 Å². The number of nitrogens with zero attached hydrogens (tertiary/aromatic N) is 4. The lowest BCUT2D eigenvalue weighted by Crippen LogP contribution is -2.58. The fourth-order valence-electron chi connectivity index (χ4n) is 4.39. The molecule has 9 heteroatoms. The minimum absolute atomic E-state index is 0.0358. The normalized spacial score (nSPS) is 20.5. The van der Waals surface area contributed by atoms with Gasteiger partial charge in [-0.3, -0.25) is 20.2 Å². The van der Waals surface area contributed by atoms with Crippen molar-refractivity contribution in [2.75, 3.05) is 30.9 Å². The van der Waals surface area contributed by atoms with Crippen LogP contribution in [0, 0.1) is 20.2 Å². The third-order valence-electron chi connectivity index (χ3n) is 6.16. The Bertz CT molecular complexity index is 1120. The summed E-state index contributed by atoms with van der Waals surface area (Å²) in [5.74, 6) is 0.0358. The van der Waals surface area contributed by atoms with Crippen molar-refractivity contribution in [3.8, 4) is 5.75 Å². The first kappa shape index (κ1) is 19.7. The molecule has 0 aromatic heterocycles. The highest BCUT2D eigenvalue weighted by atomic mass is 16.6. The third-order valence-corrected chi connectivity index (χ3v) is 6.16. The second-order valence-electron chi connectivity index (χ2n) is 8.31. The molecule has 0 fully saturated rings. The number of fused-ring (bicyclic) bond motifs is 2. The number of ether oxygens (including phenoxy) is 1. The van der Waals surface area contributed by atoms with Gasteiger partial charge >= 0.3 is 5.69 Å². The molecule has 0 aliphatic carbocycles. The SMILES string of the molecule is CN(C)c1ccc2c(c1)C(C)(C)C1(C=Cc3cc([N+](=O)[O-])cc([N+](=O)[O-])c3O1)N2C. The summed E-state index contributed by atoms with van der Waals surface area (Å²) in [4.78, 5) is 25.6. The zero-order chi connectivity index (χ0) is 22.0. The predicted molar refractivity (Wildman–Crippen MR) is 114 cm³/mol. The molecule has 156 valence electrons. The highest BCUT2D eigenvalue weighted by molar-refractivity contribution is 5.77. The van der Waals surface area contributed by atoms with Crippen LogP contribution < -0.4 is 14.5 Å². The third kappa shape index (κ3) is 2.47. The fourth-order valence-corrected chi connectivity index (χ4v) is 4.39. The van der Waals surface area contributed by atoms with Gasteiger partial charge in [0.05, 0.1) is 21.3 Å². The zero-order valence-electron chi connectivity index (χ0n) is 17.4. The van der Waals surface area contributed by atoms with E-state index in [9.17, 15) is 20.2 Å². The first-order chi connectivity index (χ1) is 14.0. The largest absolute Gasteiger partial charge is 0.456 e. The number of rotatable bonds is 3. The maximum absolute atomic E-state index is 11.7. The molecule has 2 aliphatic rings. The van der Waals surface area contributed by atoms with Crippen molar-refractivity contribution in [3.05, 3.63) is 67.8 Å².